The van der Waals surface area contributed by atoms with Crippen molar-refractivity contribution in [1.82, 2.24) is 0 Å². The number of allylic oxidation sites excluding steroid dienone is 1. The minimum atomic E-state index is -0.675. The van der Waals surface area contributed by atoms with E-state index in [9.17, 15) is 4.79 Å². The lowest BCUT2D eigenvalue weighted by molar-refractivity contribution is -0.114. The zero-order chi connectivity index (χ0) is 16.2. The monoisotopic (exact) mass is 302 g/mol. The number of aryl methyl sites for hydroxylation is 2. The number of nitrogens with two attached hydrogens (primary N) is 1. The molecule has 1 atom stereocenters. The Morgan fingerprint density at radius 3 is 2.04 bits per heavy atom. The molecule has 114 valence electrons. The van der Waals surface area contributed by atoms with Crippen LogP contribution in [-0.4, -0.2) is 5.91 Å². The molecule has 0 radical (unpaired) electrons. The first kappa shape index (κ1) is 15.1. The van der Waals surface area contributed by atoms with Gasteiger partial charge in [0.2, 0.25) is 0 Å². The van der Waals surface area contributed by atoms with Crippen molar-refractivity contribution in [3.63, 3.8) is 0 Å². The molecule has 4 bridgehead atoms. The molecule has 0 saturated heterocycles. The van der Waals surface area contributed by atoms with Gasteiger partial charge in [-0.3, -0.25) is 4.79 Å². The van der Waals surface area contributed by atoms with Gasteiger partial charge in [0.25, 0.3) is 5.91 Å². The van der Waals surface area contributed by atoms with E-state index in [1.165, 1.54) is 16.7 Å². The lowest BCUT2D eigenvalue weighted by Crippen LogP contribution is -2.14. The molecule has 3 nitrogen and oxygen atoms in total. The van der Waals surface area contributed by atoms with Gasteiger partial charge in [-0.05, 0) is 41.5 Å². The second-order valence-corrected chi connectivity index (χ2v) is 5.93. The highest BCUT2D eigenvalue weighted by atomic mass is 16.1. The zero-order valence-corrected chi connectivity index (χ0v) is 12.8. The Morgan fingerprint density at radius 2 is 1.52 bits per heavy atom. The van der Waals surface area contributed by atoms with E-state index in [0.29, 0.717) is 0 Å². The molecule has 2 N–H and O–H groups in total. The van der Waals surface area contributed by atoms with Crippen molar-refractivity contribution in [1.29, 1.82) is 5.26 Å². The van der Waals surface area contributed by atoms with E-state index in [1.54, 1.807) is 6.08 Å². The maximum atomic E-state index is 11.4. The molecule has 2 aromatic carbocycles. The third-order valence-electron chi connectivity index (χ3n) is 4.34. The Morgan fingerprint density at radius 1 is 1.00 bits per heavy atom. The molecular weight excluding hydrogens is 284 g/mol. The smallest absolute Gasteiger partial charge is 0.259 e. The lowest BCUT2D eigenvalue weighted by atomic mass is 9.88. The summed E-state index contributed by atoms with van der Waals surface area (Å²) in [7, 11) is 0. The Labute approximate surface area is 136 Å². The molecule has 0 aromatic heterocycles. The van der Waals surface area contributed by atoms with Crippen LogP contribution in [0, 0.1) is 11.3 Å². The Bertz CT molecular complexity index is 780. The van der Waals surface area contributed by atoms with Crippen molar-refractivity contribution in [2.75, 3.05) is 0 Å². The molecular formula is C20H18N2O. The second kappa shape index (κ2) is 6.50. The van der Waals surface area contributed by atoms with Crippen LogP contribution in [0.25, 0.3) is 0 Å². The van der Waals surface area contributed by atoms with Crippen molar-refractivity contribution in [3.8, 4) is 6.07 Å². The van der Waals surface area contributed by atoms with Crippen LogP contribution in [0.1, 0.15) is 28.2 Å². The molecule has 0 saturated carbocycles. The van der Waals surface area contributed by atoms with Gasteiger partial charge in [-0.2, -0.15) is 5.26 Å². The van der Waals surface area contributed by atoms with Crippen LogP contribution in [-0.2, 0) is 24.1 Å². The van der Waals surface area contributed by atoms with Crippen molar-refractivity contribution < 1.29 is 4.79 Å². The summed E-state index contributed by atoms with van der Waals surface area (Å²) in [4.78, 5) is 11.4. The van der Waals surface area contributed by atoms with E-state index in [-0.39, 0.29) is 11.5 Å². The summed E-state index contributed by atoms with van der Waals surface area (Å²) in [6.07, 6.45) is 4.46. The topological polar surface area (TPSA) is 66.9 Å². The Hall–Kier alpha value is -2.86. The Balaban J connectivity index is 2.06. The van der Waals surface area contributed by atoms with E-state index >= 15 is 0 Å². The van der Waals surface area contributed by atoms with Gasteiger partial charge in [-0.1, -0.05) is 54.6 Å². The van der Waals surface area contributed by atoms with Gasteiger partial charge in [-0.15, -0.1) is 0 Å². The van der Waals surface area contributed by atoms with Crippen LogP contribution in [0.2, 0.25) is 0 Å². The number of nitriles is 1. The van der Waals surface area contributed by atoms with Crippen LogP contribution in [0.3, 0.4) is 0 Å². The molecule has 4 aliphatic carbocycles. The molecule has 2 aromatic rings. The molecule has 23 heavy (non-hydrogen) atoms. The van der Waals surface area contributed by atoms with E-state index in [2.05, 4.69) is 48.5 Å². The van der Waals surface area contributed by atoms with Crippen LogP contribution < -0.4 is 5.73 Å². The number of amides is 1. The fourth-order valence-corrected chi connectivity index (χ4v) is 2.96. The average Bonchev–Trinajstić information content (AvgIpc) is 2.56. The number of nitrogens with zero attached hydrogens (tertiary/aromatic N) is 1. The fraction of sp³-hybridized carbons (Fsp3) is 0.200. The summed E-state index contributed by atoms with van der Waals surface area (Å²) in [6, 6.07) is 18.9. The summed E-state index contributed by atoms with van der Waals surface area (Å²) < 4.78 is 0. The van der Waals surface area contributed by atoms with Crippen LogP contribution >= 0.6 is 0 Å². The molecule has 4 aliphatic rings. The fourth-order valence-electron chi connectivity index (χ4n) is 2.96. The first-order chi connectivity index (χ1) is 11.2. The molecule has 0 spiro atoms. The average molecular weight is 302 g/mol. The summed E-state index contributed by atoms with van der Waals surface area (Å²) in [5, 5.41) is 9.13. The maximum absolute atomic E-state index is 11.4. The molecule has 1 unspecified atom stereocenters. The van der Waals surface area contributed by atoms with Crippen LogP contribution in [0.5, 0.6) is 0 Å². The largest absolute Gasteiger partial charge is 0.365 e. The minimum Gasteiger partial charge on any atom is -0.365 e. The van der Waals surface area contributed by atoms with Crippen molar-refractivity contribution >= 4 is 5.91 Å². The van der Waals surface area contributed by atoms with Gasteiger partial charge in [0.1, 0.15) is 11.6 Å². The van der Waals surface area contributed by atoms with Crippen molar-refractivity contribution in [2.45, 2.75) is 25.2 Å². The maximum Gasteiger partial charge on any atom is 0.259 e. The molecule has 6 rings (SSSR count). The Kier molecular flexibility index (Phi) is 4.25. The molecule has 3 heteroatoms. The van der Waals surface area contributed by atoms with Gasteiger partial charge in [0.15, 0.2) is 0 Å². The molecule has 0 aliphatic heterocycles. The van der Waals surface area contributed by atoms with Gasteiger partial charge >= 0.3 is 0 Å². The second-order valence-electron chi connectivity index (χ2n) is 5.93. The van der Waals surface area contributed by atoms with Gasteiger partial charge < -0.3 is 5.73 Å². The van der Waals surface area contributed by atoms with Crippen molar-refractivity contribution in [3.05, 3.63) is 82.4 Å². The van der Waals surface area contributed by atoms with Gasteiger partial charge in [-0.25, -0.2) is 0 Å². The number of rotatable bonds is 2. The quantitative estimate of drug-likeness (QED) is 0.684. The first-order valence-electron chi connectivity index (χ1n) is 7.74. The molecule has 1 amide bonds. The standard InChI is InChI=1S/C20H18N2O/c21-13-19(20(22)23)12-18-11-16-5-3-14(4-6-16)1-2-15-7-9-17(18)10-8-15/h3-10,12,18H,1-2,11H2,(H2,22,23)/b19-12-. The van der Waals surface area contributed by atoms with Crippen LogP contribution in [0.4, 0.5) is 0 Å². The summed E-state index contributed by atoms with van der Waals surface area (Å²) in [5.74, 6) is -0.720. The van der Waals surface area contributed by atoms with E-state index in [1.807, 2.05) is 6.07 Å². The summed E-state index contributed by atoms with van der Waals surface area (Å²) in [6.45, 7) is 0. The zero-order valence-electron chi connectivity index (χ0n) is 12.8. The van der Waals surface area contributed by atoms with E-state index in [4.69, 9.17) is 11.0 Å². The SMILES string of the molecule is N#C/C(=C/C1Cc2ccc(cc2)CCc2ccc1cc2)C(N)=O. The number of primary amides is 1. The number of carbonyl (C=O) groups is 1. The first-order valence-corrected chi connectivity index (χ1v) is 7.74. The summed E-state index contributed by atoms with van der Waals surface area (Å²) in [5.41, 5.74) is 10.2. The van der Waals surface area contributed by atoms with E-state index in [0.717, 1.165) is 24.8 Å². The number of hydrogen-bond donors (Lipinski definition) is 1. The predicted molar refractivity (Wildman–Crippen MR) is 89.6 cm³/mol. The number of hydrogen-bond acceptors (Lipinski definition) is 2. The molecule has 0 fully saturated rings. The summed E-state index contributed by atoms with van der Waals surface area (Å²) >= 11 is 0. The number of carbonyl (C=O) groups excluding carboxylic acids is 1. The third kappa shape index (κ3) is 3.49. The highest BCUT2D eigenvalue weighted by Gasteiger charge is 2.15. The normalized spacial score (nSPS) is 17.2. The van der Waals surface area contributed by atoms with E-state index < -0.39 is 5.91 Å². The van der Waals surface area contributed by atoms with Crippen molar-refractivity contribution in [2.24, 2.45) is 5.73 Å². The van der Waals surface area contributed by atoms with Gasteiger partial charge in [0.05, 0.1) is 0 Å². The lowest BCUT2D eigenvalue weighted by Gasteiger charge is -2.16. The minimum absolute atomic E-state index is 0.0165. The third-order valence-corrected chi connectivity index (χ3v) is 4.34. The highest BCUT2D eigenvalue weighted by molar-refractivity contribution is 5.96. The highest BCUT2D eigenvalue weighted by Crippen LogP contribution is 2.26. The molecule has 0 heterocycles. The predicted octanol–water partition coefficient (Wildman–Crippen LogP) is 3.05. The van der Waals surface area contributed by atoms with Crippen LogP contribution in [0.15, 0.2) is 60.2 Å². The number of benzene rings is 2. The van der Waals surface area contributed by atoms with Gasteiger partial charge in [0, 0.05) is 5.92 Å².